The summed E-state index contributed by atoms with van der Waals surface area (Å²) in [5, 5.41) is 0. The van der Waals surface area contributed by atoms with Gasteiger partial charge in [-0.1, -0.05) is 26.2 Å². The molecule has 0 aliphatic carbocycles. The zero-order valence-corrected chi connectivity index (χ0v) is 15.1. The number of nitrogens with zero attached hydrogens (tertiary/aromatic N) is 1. The van der Waals surface area contributed by atoms with Crippen LogP contribution in [0.1, 0.15) is 37.5 Å². The zero-order chi connectivity index (χ0) is 17.6. The highest BCUT2D eigenvalue weighted by Crippen LogP contribution is 2.31. The maximum absolute atomic E-state index is 14.0. The van der Waals surface area contributed by atoms with E-state index < -0.39 is 11.6 Å². The van der Waals surface area contributed by atoms with Crippen LogP contribution in [0.5, 0.6) is 0 Å². The second-order valence-electron chi connectivity index (χ2n) is 6.13. The lowest BCUT2D eigenvalue weighted by Crippen LogP contribution is -1.89. The summed E-state index contributed by atoms with van der Waals surface area (Å²) in [6.07, 6.45) is 7.80. The highest BCUT2D eigenvalue weighted by Gasteiger charge is 2.10. The van der Waals surface area contributed by atoms with Crippen LogP contribution in [0.15, 0.2) is 48.7 Å². The third kappa shape index (κ3) is 4.51. The van der Waals surface area contributed by atoms with Crippen molar-refractivity contribution in [3.63, 3.8) is 0 Å². The minimum Gasteiger partial charge on any atom is -0.256 e. The van der Waals surface area contributed by atoms with Crippen LogP contribution in [-0.4, -0.2) is 4.98 Å². The van der Waals surface area contributed by atoms with E-state index in [0.717, 1.165) is 22.9 Å². The van der Waals surface area contributed by atoms with Crippen LogP contribution >= 0.6 is 11.3 Å². The summed E-state index contributed by atoms with van der Waals surface area (Å²) in [4.78, 5) is 6.77. The Kier molecular flexibility index (Phi) is 5.92. The molecule has 0 unspecified atom stereocenters. The number of aromatic nitrogens is 1. The van der Waals surface area contributed by atoms with Gasteiger partial charge in [0.05, 0.1) is 5.69 Å². The number of unbranched alkanes of at least 4 members (excludes halogenated alkanes) is 3. The van der Waals surface area contributed by atoms with Crippen molar-refractivity contribution in [2.75, 3.05) is 0 Å². The number of rotatable bonds is 7. The third-order valence-corrected chi connectivity index (χ3v) is 5.38. The van der Waals surface area contributed by atoms with Crippen molar-refractivity contribution in [2.45, 2.75) is 39.0 Å². The standard InChI is InChI=1S/C21H21F2NS/c1-2-3-4-5-6-17-8-10-21(25-17)15-11-12-24-20(13-15)18-9-7-16(22)14-19(18)23/h7-14H,2-6H2,1H3. The molecule has 0 radical (unpaired) electrons. The van der Waals surface area contributed by atoms with Crippen molar-refractivity contribution >= 4 is 11.3 Å². The molecular weight excluding hydrogens is 336 g/mol. The Hall–Kier alpha value is -2.07. The minimum absolute atomic E-state index is 0.319. The Morgan fingerprint density at radius 1 is 0.960 bits per heavy atom. The summed E-state index contributed by atoms with van der Waals surface area (Å²) in [6, 6.07) is 11.7. The van der Waals surface area contributed by atoms with Crippen molar-refractivity contribution in [2.24, 2.45) is 0 Å². The highest BCUT2D eigenvalue weighted by atomic mass is 32.1. The number of aryl methyl sites for hydroxylation is 1. The number of benzene rings is 1. The van der Waals surface area contributed by atoms with E-state index in [1.165, 1.54) is 42.7 Å². The fraction of sp³-hybridized carbons (Fsp3) is 0.286. The van der Waals surface area contributed by atoms with Crippen molar-refractivity contribution in [1.29, 1.82) is 0 Å². The van der Waals surface area contributed by atoms with Gasteiger partial charge >= 0.3 is 0 Å². The van der Waals surface area contributed by atoms with E-state index in [1.807, 2.05) is 12.1 Å². The molecule has 2 aromatic heterocycles. The molecule has 1 nitrogen and oxygen atoms in total. The molecule has 4 heteroatoms. The smallest absolute Gasteiger partial charge is 0.135 e. The number of pyridine rings is 1. The fourth-order valence-corrected chi connectivity index (χ4v) is 3.87. The summed E-state index contributed by atoms with van der Waals surface area (Å²) in [6.45, 7) is 2.22. The Morgan fingerprint density at radius 2 is 1.84 bits per heavy atom. The molecule has 0 aliphatic heterocycles. The molecule has 2 heterocycles. The van der Waals surface area contributed by atoms with Crippen molar-refractivity contribution in [1.82, 2.24) is 4.98 Å². The summed E-state index contributed by atoms with van der Waals surface area (Å²) >= 11 is 1.77. The van der Waals surface area contributed by atoms with E-state index in [1.54, 1.807) is 17.5 Å². The molecule has 0 saturated heterocycles. The van der Waals surface area contributed by atoms with Crippen LogP contribution < -0.4 is 0 Å². The quantitative estimate of drug-likeness (QED) is 0.420. The Labute approximate surface area is 151 Å². The summed E-state index contributed by atoms with van der Waals surface area (Å²) in [5.41, 5.74) is 1.85. The predicted octanol–water partition coefficient (Wildman–Crippen LogP) is 6.88. The Morgan fingerprint density at radius 3 is 2.64 bits per heavy atom. The second-order valence-corrected chi connectivity index (χ2v) is 7.30. The first-order chi connectivity index (χ1) is 12.2. The lowest BCUT2D eigenvalue weighted by atomic mass is 10.1. The highest BCUT2D eigenvalue weighted by molar-refractivity contribution is 7.15. The molecule has 0 amide bonds. The molecule has 0 N–H and O–H groups in total. The lowest BCUT2D eigenvalue weighted by molar-refractivity contribution is 0.585. The van der Waals surface area contributed by atoms with Gasteiger partial charge in [0.25, 0.3) is 0 Å². The SMILES string of the molecule is CCCCCCc1ccc(-c2ccnc(-c3ccc(F)cc3F)c2)s1. The monoisotopic (exact) mass is 357 g/mol. The molecule has 0 saturated carbocycles. The zero-order valence-electron chi connectivity index (χ0n) is 14.3. The van der Waals surface area contributed by atoms with E-state index in [9.17, 15) is 8.78 Å². The predicted molar refractivity (Wildman–Crippen MR) is 101 cm³/mol. The van der Waals surface area contributed by atoms with E-state index in [4.69, 9.17) is 0 Å². The Bertz CT molecular complexity index is 841. The summed E-state index contributed by atoms with van der Waals surface area (Å²) in [5.74, 6) is -1.17. The summed E-state index contributed by atoms with van der Waals surface area (Å²) < 4.78 is 27.1. The van der Waals surface area contributed by atoms with Gasteiger partial charge in [0.2, 0.25) is 0 Å². The minimum atomic E-state index is -0.590. The molecule has 3 aromatic rings. The maximum atomic E-state index is 14.0. The van der Waals surface area contributed by atoms with E-state index in [2.05, 4.69) is 24.0 Å². The molecule has 0 atom stereocenters. The first kappa shape index (κ1) is 17.7. The molecule has 0 aliphatic rings. The fourth-order valence-electron chi connectivity index (χ4n) is 2.82. The van der Waals surface area contributed by atoms with Gasteiger partial charge in [-0.05, 0) is 54.8 Å². The average Bonchev–Trinajstić information content (AvgIpc) is 3.08. The lowest BCUT2D eigenvalue weighted by Gasteiger charge is -2.05. The first-order valence-corrected chi connectivity index (χ1v) is 9.49. The van der Waals surface area contributed by atoms with Crippen LogP contribution in [-0.2, 0) is 6.42 Å². The first-order valence-electron chi connectivity index (χ1n) is 8.68. The van der Waals surface area contributed by atoms with Gasteiger partial charge in [-0.15, -0.1) is 11.3 Å². The molecular formula is C21H21F2NS. The summed E-state index contributed by atoms with van der Waals surface area (Å²) in [7, 11) is 0. The molecule has 0 fully saturated rings. The molecule has 3 rings (SSSR count). The molecule has 0 bridgehead atoms. The van der Waals surface area contributed by atoms with Gasteiger partial charge in [0, 0.05) is 27.6 Å². The van der Waals surface area contributed by atoms with Crippen molar-refractivity contribution < 1.29 is 8.78 Å². The Balaban J connectivity index is 1.79. The molecule has 0 spiro atoms. The van der Waals surface area contributed by atoms with E-state index in [0.29, 0.717) is 11.3 Å². The molecule has 25 heavy (non-hydrogen) atoms. The number of thiophene rings is 1. The third-order valence-electron chi connectivity index (χ3n) is 4.19. The topological polar surface area (TPSA) is 12.9 Å². The molecule has 130 valence electrons. The van der Waals surface area contributed by atoms with Gasteiger partial charge in [-0.3, -0.25) is 4.98 Å². The maximum Gasteiger partial charge on any atom is 0.135 e. The van der Waals surface area contributed by atoms with Gasteiger partial charge in [0.1, 0.15) is 11.6 Å². The van der Waals surface area contributed by atoms with Crippen LogP contribution in [0.25, 0.3) is 21.7 Å². The number of hydrogen-bond donors (Lipinski definition) is 0. The van der Waals surface area contributed by atoms with Crippen LogP contribution in [0.3, 0.4) is 0 Å². The van der Waals surface area contributed by atoms with Crippen molar-refractivity contribution in [3.8, 4) is 21.7 Å². The van der Waals surface area contributed by atoms with Crippen LogP contribution in [0.2, 0.25) is 0 Å². The normalized spacial score (nSPS) is 11.0. The van der Waals surface area contributed by atoms with Crippen molar-refractivity contribution in [3.05, 3.63) is 65.2 Å². The van der Waals surface area contributed by atoms with Gasteiger partial charge in [-0.2, -0.15) is 0 Å². The van der Waals surface area contributed by atoms with Gasteiger partial charge in [0.15, 0.2) is 0 Å². The average molecular weight is 357 g/mol. The van der Waals surface area contributed by atoms with Crippen LogP contribution in [0, 0.1) is 11.6 Å². The second kappa shape index (κ2) is 8.34. The number of halogens is 2. The van der Waals surface area contributed by atoms with Gasteiger partial charge < -0.3 is 0 Å². The largest absolute Gasteiger partial charge is 0.256 e. The van der Waals surface area contributed by atoms with Crippen LogP contribution in [0.4, 0.5) is 8.78 Å². The van der Waals surface area contributed by atoms with Gasteiger partial charge in [-0.25, -0.2) is 8.78 Å². The van der Waals surface area contributed by atoms with E-state index in [-0.39, 0.29) is 0 Å². The molecule has 1 aromatic carbocycles. The number of hydrogen-bond acceptors (Lipinski definition) is 2. The van der Waals surface area contributed by atoms with E-state index >= 15 is 0 Å².